The molecule has 1 aromatic heterocycles. The van der Waals surface area contributed by atoms with Gasteiger partial charge in [-0.2, -0.15) is 0 Å². The van der Waals surface area contributed by atoms with Crippen molar-refractivity contribution in [1.29, 1.82) is 0 Å². The van der Waals surface area contributed by atoms with E-state index in [9.17, 15) is 4.79 Å². The van der Waals surface area contributed by atoms with Crippen LogP contribution in [0.25, 0.3) is 0 Å². The van der Waals surface area contributed by atoms with Gasteiger partial charge in [-0.05, 0) is 6.42 Å². The Hall–Kier alpha value is -1.76. The molecular formula is C13H19N3O. The summed E-state index contributed by atoms with van der Waals surface area (Å²) >= 11 is 0. The van der Waals surface area contributed by atoms with Crippen molar-refractivity contribution in [3.05, 3.63) is 22.2 Å². The predicted octanol–water partition coefficient (Wildman–Crippen LogP) is 2.11. The van der Waals surface area contributed by atoms with Crippen LogP contribution in [0.2, 0.25) is 0 Å². The fourth-order valence-corrected chi connectivity index (χ4v) is 1.47. The van der Waals surface area contributed by atoms with E-state index in [0.717, 1.165) is 6.42 Å². The van der Waals surface area contributed by atoms with Crippen LogP contribution in [0.3, 0.4) is 0 Å². The second-order valence-corrected chi connectivity index (χ2v) is 4.33. The quantitative estimate of drug-likeness (QED) is 0.766. The first-order valence-electron chi connectivity index (χ1n) is 5.88. The van der Waals surface area contributed by atoms with E-state index in [4.69, 9.17) is 6.42 Å². The molecule has 92 valence electrons. The van der Waals surface area contributed by atoms with Crippen molar-refractivity contribution in [1.82, 2.24) is 9.97 Å². The van der Waals surface area contributed by atoms with Crippen LogP contribution in [0, 0.1) is 12.3 Å². The van der Waals surface area contributed by atoms with Gasteiger partial charge < -0.3 is 10.3 Å². The number of hydrogen-bond donors (Lipinski definition) is 2. The van der Waals surface area contributed by atoms with E-state index in [-0.39, 0.29) is 17.5 Å². The average Bonchev–Trinajstić information content (AvgIpc) is 2.27. The zero-order valence-corrected chi connectivity index (χ0v) is 10.6. The highest BCUT2D eigenvalue weighted by Gasteiger charge is 2.08. The van der Waals surface area contributed by atoms with Gasteiger partial charge in [0.25, 0.3) is 5.56 Å². The molecule has 0 aliphatic heterocycles. The lowest BCUT2D eigenvalue weighted by Crippen LogP contribution is -2.21. The highest BCUT2D eigenvalue weighted by molar-refractivity contribution is 5.35. The van der Waals surface area contributed by atoms with Crippen molar-refractivity contribution in [2.45, 2.75) is 45.6 Å². The number of hydrogen-bond acceptors (Lipinski definition) is 3. The largest absolute Gasteiger partial charge is 0.366 e. The maximum absolute atomic E-state index is 11.5. The summed E-state index contributed by atoms with van der Waals surface area (Å²) in [5, 5.41) is 3.19. The lowest BCUT2D eigenvalue weighted by molar-refractivity contribution is 0.703. The van der Waals surface area contributed by atoms with Gasteiger partial charge in [0.2, 0.25) is 0 Å². The standard InChI is InChI=1S/C13H19N3O/c1-5-7-10(6-2)14-11-8-12(17)16-13(15-11)9(3)4/h1,8-10H,6-7H2,2-4H3,(H2,14,15,16,17). The smallest absolute Gasteiger partial charge is 0.252 e. The summed E-state index contributed by atoms with van der Waals surface area (Å²) in [6, 6.07) is 1.62. The molecule has 17 heavy (non-hydrogen) atoms. The summed E-state index contributed by atoms with van der Waals surface area (Å²) in [7, 11) is 0. The normalized spacial score (nSPS) is 12.2. The minimum absolute atomic E-state index is 0.137. The summed E-state index contributed by atoms with van der Waals surface area (Å²) in [4.78, 5) is 18.6. The topological polar surface area (TPSA) is 57.8 Å². The van der Waals surface area contributed by atoms with Crippen molar-refractivity contribution < 1.29 is 0 Å². The van der Waals surface area contributed by atoms with E-state index in [1.165, 1.54) is 6.07 Å². The molecule has 4 heteroatoms. The van der Waals surface area contributed by atoms with Gasteiger partial charge in [-0.1, -0.05) is 20.8 Å². The molecule has 2 N–H and O–H groups in total. The zero-order chi connectivity index (χ0) is 12.8. The molecule has 1 unspecified atom stereocenters. The monoisotopic (exact) mass is 233 g/mol. The van der Waals surface area contributed by atoms with E-state index in [1.54, 1.807) is 0 Å². The third kappa shape index (κ3) is 3.95. The molecule has 0 amide bonds. The molecule has 0 saturated heterocycles. The Balaban J connectivity index is 2.91. The lowest BCUT2D eigenvalue weighted by Gasteiger charge is -2.15. The number of rotatable bonds is 5. The van der Waals surface area contributed by atoms with Crippen molar-refractivity contribution in [2.24, 2.45) is 0 Å². The van der Waals surface area contributed by atoms with E-state index in [0.29, 0.717) is 18.1 Å². The summed E-state index contributed by atoms with van der Waals surface area (Å²) in [6.45, 7) is 6.02. The predicted molar refractivity (Wildman–Crippen MR) is 70.1 cm³/mol. The number of nitrogens with zero attached hydrogens (tertiary/aromatic N) is 1. The molecule has 1 aromatic rings. The molecule has 1 rings (SSSR count). The van der Waals surface area contributed by atoms with Crippen LogP contribution >= 0.6 is 0 Å². The Morgan fingerprint density at radius 1 is 1.59 bits per heavy atom. The molecule has 0 aliphatic rings. The van der Waals surface area contributed by atoms with Crippen molar-refractivity contribution in [3.8, 4) is 12.3 Å². The zero-order valence-electron chi connectivity index (χ0n) is 10.6. The van der Waals surface area contributed by atoms with Crippen LogP contribution < -0.4 is 10.9 Å². The summed E-state index contributed by atoms with van der Waals surface area (Å²) < 4.78 is 0. The van der Waals surface area contributed by atoms with Crippen LogP contribution in [-0.2, 0) is 0 Å². The van der Waals surface area contributed by atoms with E-state index in [1.807, 2.05) is 20.8 Å². The molecule has 0 bridgehead atoms. The van der Waals surface area contributed by atoms with Crippen LogP contribution in [0.4, 0.5) is 5.82 Å². The van der Waals surface area contributed by atoms with Gasteiger partial charge in [0, 0.05) is 24.4 Å². The van der Waals surface area contributed by atoms with Gasteiger partial charge in [-0.3, -0.25) is 4.79 Å². The van der Waals surface area contributed by atoms with E-state index >= 15 is 0 Å². The van der Waals surface area contributed by atoms with Gasteiger partial charge in [0.15, 0.2) is 0 Å². The highest BCUT2D eigenvalue weighted by Crippen LogP contribution is 2.11. The number of terminal acetylenes is 1. The van der Waals surface area contributed by atoms with Crippen molar-refractivity contribution in [3.63, 3.8) is 0 Å². The second-order valence-electron chi connectivity index (χ2n) is 4.33. The maximum Gasteiger partial charge on any atom is 0.252 e. The fraction of sp³-hybridized carbons (Fsp3) is 0.538. The van der Waals surface area contributed by atoms with Crippen LogP contribution in [0.1, 0.15) is 45.4 Å². The number of aromatic amines is 1. The average molecular weight is 233 g/mol. The summed E-state index contributed by atoms with van der Waals surface area (Å²) in [5.41, 5.74) is -0.137. The molecule has 0 aromatic carbocycles. The van der Waals surface area contributed by atoms with Gasteiger partial charge in [0.05, 0.1) is 0 Å². The Bertz CT molecular complexity index is 456. The third-order valence-corrected chi connectivity index (χ3v) is 2.52. The minimum Gasteiger partial charge on any atom is -0.366 e. The Kier molecular flexibility index (Phi) is 4.77. The van der Waals surface area contributed by atoms with Crippen LogP contribution in [-0.4, -0.2) is 16.0 Å². The first kappa shape index (κ1) is 13.3. The SMILES string of the molecule is C#CCC(CC)Nc1cc(=O)[nH]c(C(C)C)n1. The maximum atomic E-state index is 11.5. The summed E-state index contributed by atoms with van der Waals surface area (Å²) in [6.07, 6.45) is 6.81. The molecular weight excluding hydrogens is 214 g/mol. The molecule has 1 heterocycles. The molecule has 0 radical (unpaired) electrons. The first-order valence-corrected chi connectivity index (χ1v) is 5.88. The molecule has 0 saturated carbocycles. The number of H-pyrrole nitrogens is 1. The number of anilines is 1. The Morgan fingerprint density at radius 3 is 2.82 bits per heavy atom. The number of nitrogens with one attached hydrogen (secondary N) is 2. The second kappa shape index (κ2) is 6.09. The Labute approximate surface area is 102 Å². The highest BCUT2D eigenvalue weighted by atomic mass is 16.1. The molecule has 0 spiro atoms. The Morgan fingerprint density at radius 2 is 2.29 bits per heavy atom. The number of aromatic nitrogens is 2. The van der Waals surface area contributed by atoms with E-state index < -0.39 is 0 Å². The van der Waals surface area contributed by atoms with Crippen molar-refractivity contribution in [2.75, 3.05) is 5.32 Å². The third-order valence-electron chi connectivity index (χ3n) is 2.52. The van der Waals surface area contributed by atoms with Gasteiger partial charge in [0.1, 0.15) is 11.6 Å². The molecule has 0 aliphatic carbocycles. The van der Waals surface area contributed by atoms with Gasteiger partial charge in [-0.15, -0.1) is 12.3 Å². The van der Waals surface area contributed by atoms with Gasteiger partial charge >= 0.3 is 0 Å². The molecule has 4 nitrogen and oxygen atoms in total. The molecule has 1 atom stereocenters. The summed E-state index contributed by atoms with van der Waals surface area (Å²) in [5.74, 6) is 4.09. The lowest BCUT2D eigenvalue weighted by atomic mass is 10.1. The van der Waals surface area contributed by atoms with Crippen LogP contribution in [0.15, 0.2) is 10.9 Å². The van der Waals surface area contributed by atoms with Gasteiger partial charge in [-0.25, -0.2) is 4.98 Å². The van der Waals surface area contributed by atoms with Crippen LogP contribution in [0.5, 0.6) is 0 Å². The molecule has 0 fully saturated rings. The van der Waals surface area contributed by atoms with Crippen molar-refractivity contribution >= 4 is 5.82 Å². The van der Waals surface area contributed by atoms with E-state index in [2.05, 4.69) is 21.2 Å². The minimum atomic E-state index is -0.137. The fourth-order valence-electron chi connectivity index (χ4n) is 1.47. The first-order chi connectivity index (χ1) is 8.06.